The molecular weight excluding hydrogens is 452 g/mol. The zero-order valence-corrected chi connectivity index (χ0v) is 18.8. The molecule has 0 amide bonds. The topological polar surface area (TPSA) is 123 Å². The van der Waals surface area contributed by atoms with Crippen molar-refractivity contribution in [3.63, 3.8) is 0 Å². The quantitative estimate of drug-likeness (QED) is 0.323. The molecule has 1 aliphatic heterocycles. The molecule has 0 fully saturated rings. The molecule has 0 aliphatic carbocycles. The first kappa shape index (κ1) is 21.3. The summed E-state index contributed by atoms with van der Waals surface area (Å²) in [7, 11) is 1.60. The summed E-state index contributed by atoms with van der Waals surface area (Å²) in [6, 6.07) is 20.1. The summed E-state index contributed by atoms with van der Waals surface area (Å²) < 4.78 is 16.5. The number of nitrogens with zero attached hydrogens (tertiary/aromatic N) is 2. The maximum Gasteiger partial charge on any atom is 0.353 e. The van der Waals surface area contributed by atoms with Gasteiger partial charge in [0, 0.05) is 5.56 Å². The maximum absolute atomic E-state index is 12.4. The number of aromatic nitrogens is 2. The van der Waals surface area contributed by atoms with Gasteiger partial charge in [-0.15, -0.1) is 16.4 Å². The van der Waals surface area contributed by atoms with Crippen molar-refractivity contribution < 1.29 is 19.0 Å². The van der Waals surface area contributed by atoms with Crippen molar-refractivity contribution in [2.45, 2.75) is 5.92 Å². The number of nitrogens with two attached hydrogens (primary N) is 1. The van der Waals surface area contributed by atoms with Gasteiger partial charge in [0.25, 0.3) is 0 Å². The van der Waals surface area contributed by atoms with Crippen molar-refractivity contribution in [2.24, 2.45) is 5.73 Å². The van der Waals surface area contributed by atoms with E-state index in [0.29, 0.717) is 33.2 Å². The Morgan fingerprint density at radius 3 is 2.71 bits per heavy atom. The average Bonchev–Trinajstić information content (AvgIpc) is 3.54. The highest BCUT2D eigenvalue weighted by atomic mass is 32.1. The van der Waals surface area contributed by atoms with E-state index in [1.54, 1.807) is 37.4 Å². The number of thiophene rings is 1. The Morgan fingerprint density at radius 2 is 2.00 bits per heavy atom. The van der Waals surface area contributed by atoms with Gasteiger partial charge in [-0.05, 0) is 53.4 Å². The number of esters is 1. The van der Waals surface area contributed by atoms with Crippen LogP contribution in [0.15, 0.2) is 77.5 Å². The average molecular weight is 471 g/mol. The monoisotopic (exact) mass is 470 g/mol. The molecule has 4 aromatic rings. The highest BCUT2D eigenvalue weighted by Gasteiger charge is 2.35. The number of rotatable bonds is 5. The Kier molecular flexibility index (Phi) is 5.49. The number of hydrogen-bond acceptors (Lipinski definition) is 8. The number of hydrogen-bond donors (Lipinski definition) is 2. The van der Waals surface area contributed by atoms with Gasteiger partial charge >= 0.3 is 5.97 Å². The first-order chi connectivity index (χ1) is 16.6. The van der Waals surface area contributed by atoms with Crippen molar-refractivity contribution in [3.8, 4) is 34.7 Å². The largest absolute Gasteiger partial charge is 0.497 e. The first-order valence-corrected chi connectivity index (χ1v) is 11.1. The van der Waals surface area contributed by atoms with Crippen molar-refractivity contribution in [1.29, 1.82) is 5.26 Å². The number of allylic oxidation sites excluding steroid dienone is 1. The van der Waals surface area contributed by atoms with E-state index in [9.17, 15) is 10.1 Å². The molecular formula is C25H18N4O4S. The third-order valence-corrected chi connectivity index (χ3v) is 6.29. The Hall–Kier alpha value is -4.55. The summed E-state index contributed by atoms with van der Waals surface area (Å²) in [4.78, 5) is 12.9. The van der Waals surface area contributed by atoms with Crippen LogP contribution in [0.3, 0.4) is 0 Å². The summed E-state index contributed by atoms with van der Waals surface area (Å²) in [6.45, 7) is 0. The second kappa shape index (κ2) is 8.77. The van der Waals surface area contributed by atoms with Gasteiger partial charge in [0.1, 0.15) is 28.0 Å². The van der Waals surface area contributed by atoms with E-state index < -0.39 is 11.9 Å². The third kappa shape index (κ3) is 3.76. The number of benzene rings is 2. The minimum Gasteiger partial charge on any atom is -0.497 e. The van der Waals surface area contributed by atoms with Gasteiger partial charge in [-0.2, -0.15) is 5.26 Å². The smallest absolute Gasteiger partial charge is 0.353 e. The van der Waals surface area contributed by atoms with E-state index in [4.69, 9.17) is 19.9 Å². The number of nitriles is 1. The number of carbonyl (C=O) groups is 1. The molecule has 9 heteroatoms. The normalized spacial score (nSPS) is 14.6. The van der Waals surface area contributed by atoms with Gasteiger partial charge in [-0.3, -0.25) is 5.10 Å². The molecule has 0 spiro atoms. The van der Waals surface area contributed by atoms with Gasteiger partial charge in [0.15, 0.2) is 0 Å². The SMILES string of the molecule is COc1ccc(-c2[nH]nc3c2C(c2cccc(OC(=O)c4cccs4)c2)C(C#N)=C(N)O3)cc1. The molecule has 1 unspecified atom stereocenters. The third-order valence-electron chi connectivity index (χ3n) is 5.44. The van der Waals surface area contributed by atoms with E-state index in [1.165, 1.54) is 11.3 Å². The highest BCUT2D eigenvalue weighted by Crippen LogP contribution is 2.46. The standard InChI is InChI=1S/C25H18N4O4S/c1-31-16-9-7-14(8-10-16)22-21-20(18(13-26)23(27)33-24(21)29-28-22)15-4-2-5-17(12-15)32-25(30)19-6-3-11-34-19/h2-12,20H,27H2,1H3,(H,28,29). The van der Waals surface area contributed by atoms with E-state index in [2.05, 4.69) is 16.3 Å². The van der Waals surface area contributed by atoms with Crippen molar-refractivity contribution in [1.82, 2.24) is 10.2 Å². The Labute approximate surface area is 198 Å². The molecule has 168 valence electrons. The zero-order valence-electron chi connectivity index (χ0n) is 17.9. The van der Waals surface area contributed by atoms with Crippen LogP contribution >= 0.6 is 11.3 Å². The van der Waals surface area contributed by atoms with Crippen LogP contribution in [0.5, 0.6) is 17.4 Å². The Morgan fingerprint density at radius 1 is 1.18 bits per heavy atom. The number of H-pyrrole nitrogens is 1. The van der Waals surface area contributed by atoms with Crippen LogP contribution in [0.2, 0.25) is 0 Å². The minimum atomic E-state index is -0.579. The summed E-state index contributed by atoms with van der Waals surface area (Å²) in [5, 5.41) is 19.0. The van der Waals surface area contributed by atoms with Crippen LogP contribution in [0.25, 0.3) is 11.3 Å². The highest BCUT2D eigenvalue weighted by molar-refractivity contribution is 7.12. The maximum atomic E-state index is 12.4. The molecule has 0 saturated heterocycles. The van der Waals surface area contributed by atoms with Gasteiger partial charge in [0.05, 0.1) is 24.3 Å². The lowest BCUT2D eigenvalue weighted by Gasteiger charge is -2.24. The van der Waals surface area contributed by atoms with Gasteiger partial charge < -0.3 is 19.9 Å². The van der Waals surface area contributed by atoms with Crippen LogP contribution < -0.4 is 19.9 Å². The molecule has 34 heavy (non-hydrogen) atoms. The van der Waals surface area contributed by atoms with E-state index in [1.807, 2.05) is 35.7 Å². The number of carbonyl (C=O) groups excluding carboxylic acids is 1. The number of nitrogens with one attached hydrogen (secondary N) is 1. The molecule has 0 saturated carbocycles. The van der Waals surface area contributed by atoms with Gasteiger partial charge in [0.2, 0.25) is 11.8 Å². The summed E-state index contributed by atoms with van der Waals surface area (Å²) in [5.74, 6) is 0.311. The number of methoxy groups -OCH3 is 1. The predicted octanol–water partition coefficient (Wildman–Crippen LogP) is 4.58. The summed E-state index contributed by atoms with van der Waals surface area (Å²) in [6.07, 6.45) is 0. The van der Waals surface area contributed by atoms with Gasteiger partial charge in [-0.25, -0.2) is 4.79 Å². The van der Waals surface area contributed by atoms with Crippen molar-refractivity contribution in [3.05, 3.63) is 93.5 Å². The van der Waals surface area contributed by atoms with E-state index in [0.717, 1.165) is 5.56 Å². The van der Waals surface area contributed by atoms with E-state index in [-0.39, 0.29) is 17.3 Å². The molecule has 1 atom stereocenters. The molecule has 1 aliphatic rings. The van der Waals surface area contributed by atoms with Crippen LogP contribution in [0, 0.1) is 11.3 Å². The lowest BCUT2D eigenvalue weighted by atomic mass is 9.83. The lowest BCUT2D eigenvalue weighted by Crippen LogP contribution is -2.21. The fourth-order valence-electron chi connectivity index (χ4n) is 3.87. The molecule has 0 radical (unpaired) electrons. The zero-order chi connectivity index (χ0) is 23.7. The Balaban J connectivity index is 1.58. The molecule has 8 nitrogen and oxygen atoms in total. The fourth-order valence-corrected chi connectivity index (χ4v) is 4.46. The summed E-state index contributed by atoms with van der Waals surface area (Å²) in [5.41, 5.74) is 9.21. The molecule has 5 rings (SSSR count). The molecule has 3 N–H and O–H groups in total. The number of aromatic amines is 1. The summed E-state index contributed by atoms with van der Waals surface area (Å²) >= 11 is 1.30. The molecule has 3 heterocycles. The number of fused-ring (bicyclic) bond motifs is 1. The first-order valence-electron chi connectivity index (χ1n) is 10.2. The van der Waals surface area contributed by atoms with E-state index >= 15 is 0 Å². The fraction of sp³-hybridized carbons (Fsp3) is 0.0800. The molecule has 2 aromatic carbocycles. The predicted molar refractivity (Wildman–Crippen MR) is 126 cm³/mol. The molecule has 2 aromatic heterocycles. The van der Waals surface area contributed by atoms with Crippen LogP contribution in [-0.4, -0.2) is 23.3 Å². The van der Waals surface area contributed by atoms with Crippen LogP contribution in [-0.2, 0) is 0 Å². The van der Waals surface area contributed by atoms with Gasteiger partial charge in [-0.1, -0.05) is 18.2 Å². The minimum absolute atomic E-state index is 0.0197. The second-order valence-corrected chi connectivity index (χ2v) is 8.36. The molecule has 0 bridgehead atoms. The lowest BCUT2D eigenvalue weighted by molar-refractivity contribution is 0.0739. The van der Waals surface area contributed by atoms with Crippen LogP contribution in [0.1, 0.15) is 26.7 Å². The van der Waals surface area contributed by atoms with Crippen molar-refractivity contribution in [2.75, 3.05) is 7.11 Å². The van der Waals surface area contributed by atoms with Crippen molar-refractivity contribution >= 4 is 17.3 Å². The number of ether oxygens (including phenoxy) is 3. The second-order valence-electron chi connectivity index (χ2n) is 7.41. The Bertz CT molecular complexity index is 1430. The van der Waals surface area contributed by atoms with Crippen LogP contribution in [0.4, 0.5) is 0 Å².